The summed E-state index contributed by atoms with van der Waals surface area (Å²) in [6.07, 6.45) is 0.895. The first kappa shape index (κ1) is 19.3. The van der Waals surface area contributed by atoms with E-state index in [2.05, 4.69) is 24.1 Å². The number of nitrogens with one attached hydrogen (secondary N) is 1. The molecule has 2 aliphatic heterocycles. The second-order valence-electron chi connectivity index (χ2n) is 7.79. The molecule has 1 saturated heterocycles. The molecule has 0 aliphatic carbocycles. The maximum atomic E-state index is 13.1. The molecule has 3 rings (SSSR count). The zero-order valence-corrected chi connectivity index (χ0v) is 16.9. The summed E-state index contributed by atoms with van der Waals surface area (Å²) in [7, 11) is -3.53. The molecule has 0 spiro atoms. The van der Waals surface area contributed by atoms with Crippen LogP contribution in [-0.4, -0.2) is 56.3 Å². The highest BCUT2D eigenvalue weighted by molar-refractivity contribution is 7.89. The van der Waals surface area contributed by atoms with E-state index in [-0.39, 0.29) is 10.8 Å². The van der Waals surface area contributed by atoms with E-state index in [9.17, 15) is 13.2 Å². The molecule has 0 radical (unpaired) electrons. The monoisotopic (exact) mass is 379 g/mol. The van der Waals surface area contributed by atoms with E-state index in [4.69, 9.17) is 0 Å². The Bertz CT molecular complexity index is 800. The van der Waals surface area contributed by atoms with Crippen molar-refractivity contribution in [2.45, 2.75) is 44.4 Å². The Labute approximate surface area is 156 Å². The zero-order valence-electron chi connectivity index (χ0n) is 16.1. The van der Waals surface area contributed by atoms with Crippen molar-refractivity contribution in [3.05, 3.63) is 23.8 Å². The zero-order chi connectivity index (χ0) is 19.1. The lowest BCUT2D eigenvalue weighted by atomic mass is 9.86. The maximum absolute atomic E-state index is 13.1. The number of nitrogens with zero attached hydrogens (tertiary/aromatic N) is 2. The minimum absolute atomic E-state index is 0.0949. The van der Waals surface area contributed by atoms with E-state index in [1.165, 1.54) is 0 Å². The molecule has 1 aromatic rings. The fourth-order valence-electron chi connectivity index (χ4n) is 3.87. The number of rotatable bonds is 6. The van der Waals surface area contributed by atoms with Crippen molar-refractivity contribution < 1.29 is 13.2 Å². The molecule has 1 fully saturated rings. The third kappa shape index (κ3) is 3.28. The summed E-state index contributed by atoms with van der Waals surface area (Å²) in [6, 6.07) is 4.98. The number of hydrogen-bond acceptors (Lipinski definition) is 4. The lowest BCUT2D eigenvalue weighted by Crippen LogP contribution is -2.33. The first-order chi connectivity index (χ1) is 12.2. The number of benzene rings is 1. The third-order valence-corrected chi connectivity index (χ3v) is 7.64. The number of sulfonamides is 1. The van der Waals surface area contributed by atoms with E-state index in [1.54, 1.807) is 22.5 Å². The maximum Gasteiger partial charge on any atom is 0.243 e. The molecule has 144 valence electrons. The number of amides is 1. The van der Waals surface area contributed by atoms with Crippen LogP contribution in [0.2, 0.25) is 0 Å². The molecular formula is C19H29N3O3S. The largest absolute Gasteiger partial charge is 0.325 e. The van der Waals surface area contributed by atoms with Gasteiger partial charge in [-0.1, -0.05) is 13.8 Å². The Morgan fingerprint density at radius 1 is 1.27 bits per heavy atom. The lowest BCUT2D eigenvalue weighted by molar-refractivity contribution is -0.119. The summed E-state index contributed by atoms with van der Waals surface area (Å²) in [5, 5.41) is 2.82. The number of hydrogen-bond donors (Lipinski definition) is 1. The number of anilines is 1. The van der Waals surface area contributed by atoms with Gasteiger partial charge in [-0.3, -0.25) is 4.79 Å². The summed E-state index contributed by atoms with van der Waals surface area (Å²) in [6.45, 7) is 11.9. The van der Waals surface area contributed by atoms with Gasteiger partial charge in [0.2, 0.25) is 15.9 Å². The Kier molecular flexibility index (Phi) is 5.16. The lowest BCUT2D eigenvalue weighted by Gasteiger charge is -2.23. The average Bonchev–Trinajstić information content (AvgIpc) is 3.16. The molecule has 7 heteroatoms. The third-order valence-electron chi connectivity index (χ3n) is 5.78. The summed E-state index contributed by atoms with van der Waals surface area (Å²) >= 11 is 0. The van der Waals surface area contributed by atoms with E-state index in [0.717, 1.165) is 31.6 Å². The van der Waals surface area contributed by atoms with Crippen LogP contribution in [0, 0.1) is 5.92 Å². The van der Waals surface area contributed by atoms with Crippen molar-refractivity contribution in [3.8, 4) is 0 Å². The van der Waals surface area contributed by atoms with Crippen LogP contribution >= 0.6 is 0 Å². The predicted octanol–water partition coefficient (Wildman–Crippen LogP) is 2.27. The first-order valence-corrected chi connectivity index (χ1v) is 10.8. The van der Waals surface area contributed by atoms with Gasteiger partial charge in [-0.05, 0) is 63.0 Å². The minimum Gasteiger partial charge on any atom is -0.325 e. The highest BCUT2D eigenvalue weighted by Gasteiger charge is 2.40. The summed E-state index contributed by atoms with van der Waals surface area (Å²) < 4.78 is 27.8. The van der Waals surface area contributed by atoms with Gasteiger partial charge < -0.3 is 10.2 Å². The van der Waals surface area contributed by atoms with Gasteiger partial charge in [0.15, 0.2) is 0 Å². The van der Waals surface area contributed by atoms with Gasteiger partial charge in [0.05, 0.1) is 10.3 Å². The van der Waals surface area contributed by atoms with Gasteiger partial charge in [-0.15, -0.1) is 0 Å². The van der Waals surface area contributed by atoms with Crippen LogP contribution in [0.15, 0.2) is 23.1 Å². The van der Waals surface area contributed by atoms with Crippen LogP contribution in [0.25, 0.3) is 0 Å². The Morgan fingerprint density at radius 3 is 2.62 bits per heavy atom. The van der Waals surface area contributed by atoms with Crippen LogP contribution in [0.1, 0.15) is 39.7 Å². The van der Waals surface area contributed by atoms with Gasteiger partial charge in [0, 0.05) is 25.3 Å². The molecule has 1 amide bonds. The molecule has 2 heterocycles. The molecule has 26 heavy (non-hydrogen) atoms. The summed E-state index contributed by atoms with van der Waals surface area (Å²) in [5.74, 6) is 0.279. The van der Waals surface area contributed by atoms with Crippen molar-refractivity contribution in [2.24, 2.45) is 5.92 Å². The highest BCUT2D eigenvalue weighted by Crippen LogP contribution is 2.39. The molecule has 1 N–H and O–H groups in total. The number of fused-ring (bicyclic) bond motifs is 1. The van der Waals surface area contributed by atoms with Gasteiger partial charge in [-0.25, -0.2) is 8.42 Å². The standard InChI is InChI=1S/C19H29N3O3S/c1-5-21(6-2)12-14-9-10-22(13-14)26(24,25)15-7-8-17-16(11-15)19(3,4)18(23)20-17/h7-8,11,14H,5-6,9-10,12-13H2,1-4H3,(H,20,23)/t14-/m0/s1. The summed E-state index contributed by atoms with van der Waals surface area (Å²) in [5.41, 5.74) is 0.749. The Hall–Kier alpha value is -1.44. The minimum atomic E-state index is -3.53. The van der Waals surface area contributed by atoms with Gasteiger partial charge in [0.25, 0.3) is 0 Å². The second kappa shape index (κ2) is 6.94. The van der Waals surface area contributed by atoms with E-state index < -0.39 is 15.4 Å². The first-order valence-electron chi connectivity index (χ1n) is 9.38. The SMILES string of the molecule is CCN(CC)C[C@@H]1CCN(S(=O)(=O)c2ccc3c(c2)C(C)(C)C(=O)N3)C1. The van der Waals surface area contributed by atoms with Crippen LogP contribution in [0.5, 0.6) is 0 Å². The average molecular weight is 380 g/mol. The summed E-state index contributed by atoms with van der Waals surface area (Å²) in [4.78, 5) is 14.7. The van der Waals surface area contributed by atoms with E-state index in [0.29, 0.717) is 24.7 Å². The van der Waals surface area contributed by atoms with Crippen molar-refractivity contribution in [3.63, 3.8) is 0 Å². The Morgan fingerprint density at radius 2 is 1.96 bits per heavy atom. The number of carbonyl (C=O) groups excluding carboxylic acids is 1. The molecule has 1 atom stereocenters. The smallest absolute Gasteiger partial charge is 0.243 e. The van der Waals surface area contributed by atoms with Crippen LogP contribution in [0.4, 0.5) is 5.69 Å². The molecular weight excluding hydrogens is 350 g/mol. The molecule has 6 nitrogen and oxygen atoms in total. The van der Waals surface area contributed by atoms with Crippen molar-refractivity contribution >= 4 is 21.6 Å². The van der Waals surface area contributed by atoms with Crippen LogP contribution in [0.3, 0.4) is 0 Å². The fourth-order valence-corrected chi connectivity index (χ4v) is 5.43. The normalized spacial score (nSPS) is 22.7. The fraction of sp³-hybridized carbons (Fsp3) is 0.632. The molecule has 1 aromatic carbocycles. The van der Waals surface area contributed by atoms with Gasteiger partial charge in [0.1, 0.15) is 0 Å². The van der Waals surface area contributed by atoms with Crippen molar-refractivity contribution in [2.75, 3.05) is 38.0 Å². The predicted molar refractivity (Wildman–Crippen MR) is 103 cm³/mol. The van der Waals surface area contributed by atoms with Crippen LogP contribution in [-0.2, 0) is 20.2 Å². The molecule has 0 saturated carbocycles. The van der Waals surface area contributed by atoms with E-state index in [1.807, 2.05) is 13.8 Å². The van der Waals surface area contributed by atoms with Crippen molar-refractivity contribution in [1.29, 1.82) is 0 Å². The van der Waals surface area contributed by atoms with Crippen LogP contribution < -0.4 is 5.32 Å². The topological polar surface area (TPSA) is 69.7 Å². The highest BCUT2D eigenvalue weighted by atomic mass is 32.2. The molecule has 2 aliphatic rings. The molecule has 0 aromatic heterocycles. The second-order valence-corrected chi connectivity index (χ2v) is 9.73. The molecule has 0 unspecified atom stereocenters. The number of carbonyl (C=O) groups is 1. The van der Waals surface area contributed by atoms with E-state index >= 15 is 0 Å². The Balaban J connectivity index is 1.80. The van der Waals surface area contributed by atoms with Gasteiger partial charge >= 0.3 is 0 Å². The quantitative estimate of drug-likeness (QED) is 0.823. The molecule has 0 bridgehead atoms. The van der Waals surface area contributed by atoms with Crippen molar-refractivity contribution in [1.82, 2.24) is 9.21 Å². The van der Waals surface area contributed by atoms with Gasteiger partial charge in [-0.2, -0.15) is 4.31 Å².